The first-order valence-electron chi connectivity index (χ1n) is 6.80. The summed E-state index contributed by atoms with van der Waals surface area (Å²) in [5.74, 6) is -1.18. The molecule has 0 bridgehead atoms. The van der Waals surface area contributed by atoms with Crippen LogP contribution in [0.4, 0.5) is 24.5 Å². The predicted molar refractivity (Wildman–Crippen MR) is 89.0 cm³/mol. The number of nitrogens with zero attached hydrogens (tertiary/aromatic N) is 1. The molecular weight excluding hydrogens is 400 g/mol. The average molecular weight is 409 g/mol. The molecule has 0 unspecified atom stereocenters. The minimum Gasteiger partial charge on any atom is -0.456 e. The molecule has 2 aromatic carbocycles. The Morgan fingerprint density at radius 1 is 1.23 bits per heavy atom. The number of benzene rings is 2. The van der Waals surface area contributed by atoms with E-state index < -0.39 is 34.1 Å². The van der Waals surface area contributed by atoms with E-state index in [1.807, 2.05) is 0 Å². The molecule has 0 aromatic heterocycles. The highest BCUT2D eigenvalue weighted by atomic mass is 35.5. The van der Waals surface area contributed by atoms with Gasteiger partial charge in [0.15, 0.2) is 0 Å². The second-order valence-electron chi connectivity index (χ2n) is 4.86. The summed E-state index contributed by atoms with van der Waals surface area (Å²) in [4.78, 5) is 21.7. The van der Waals surface area contributed by atoms with Crippen molar-refractivity contribution in [2.45, 2.75) is 6.18 Å². The van der Waals surface area contributed by atoms with Crippen LogP contribution in [0.15, 0.2) is 36.4 Å². The number of anilines is 1. The summed E-state index contributed by atoms with van der Waals surface area (Å²) >= 11 is 11.1. The van der Waals surface area contributed by atoms with E-state index in [4.69, 9.17) is 27.9 Å². The number of nitrogens with one attached hydrogen (secondary N) is 1. The topological polar surface area (TPSA) is 81.5 Å². The van der Waals surface area contributed by atoms with E-state index in [1.165, 1.54) is 6.07 Å². The van der Waals surface area contributed by atoms with Crippen molar-refractivity contribution in [1.82, 2.24) is 0 Å². The number of amides is 1. The molecule has 0 fully saturated rings. The molecule has 6 nitrogen and oxygen atoms in total. The van der Waals surface area contributed by atoms with Gasteiger partial charge in [-0.15, -0.1) is 11.6 Å². The Balaban J connectivity index is 2.33. The number of rotatable bonds is 5. The number of nitro benzene ring substituents is 1. The van der Waals surface area contributed by atoms with E-state index in [9.17, 15) is 28.1 Å². The van der Waals surface area contributed by atoms with Gasteiger partial charge in [-0.05, 0) is 24.3 Å². The number of hydrogen-bond donors (Lipinski definition) is 1. The summed E-state index contributed by atoms with van der Waals surface area (Å²) < 4.78 is 43.3. The second kappa shape index (κ2) is 7.79. The normalized spacial score (nSPS) is 11.1. The van der Waals surface area contributed by atoms with Crippen molar-refractivity contribution in [1.29, 1.82) is 0 Å². The number of halogens is 5. The van der Waals surface area contributed by atoms with Crippen LogP contribution in [0.3, 0.4) is 0 Å². The molecule has 0 aliphatic rings. The number of alkyl halides is 4. The van der Waals surface area contributed by atoms with Crippen LogP contribution in [0.2, 0.25) is 5.02 Å². The zero-order chi connectivity index (χ0) is 19.5. The molecule has 2 aromatic rings. The standard InChI is InChI=1S/C15H9Cl2F3N2O4/c16-7-14(23)21-11-6-9(2-3-12(11)22(24)25)26-13-4-1-8(5-10(13)17)15(18,19)20/h1-6H,7H2,(H,21,23). The number of nitro groups is 1. The Labute approximate surface area is 154 Å². The lowest BCUT2D eigenvalue weighted by molar-refractivity contribution is -0.383. The average Bonchev–Trinajstić information content (AvgIpc) is 2.55. The SMILES string of the molecule is O=C(CCl)Nc1cc(Oc2ccc(C(F)(F)F)cc2Cl)ccc1[N+](=O)[O-]. The van der Waals surface area contributed by atoms with Gasteiger partial charge in [0.2, 0.25) is 5.91 Å². The van der Waals surface area contributed by atoms with Gasteiger partial charge in [0.05, 0.1) is 15.5 Å². The quantitative estimate of drug-likeness (QED) is 0.416. The second-order valence-corrected chi connectivity index (χ2v) is 5.54. The highest BCUT2D eigenvalue weighted by molar-refractivity contribution is 6.32. The van der Waals surface area contributed by atoms with Crippen molar-refractivity contribution in [3.63, 3.8) is 0 Å². The van der Waals surface area contributed by atoms with Gasteiger partial charge in [-0.2, -0.15) is 13.2 Å². The van der Waals surface area contributed by atoms with E-state index in [1.54, 1.807) is 0 Å². The third-order valence-corrected chi connectivity index (χ3v) is 3.59. The van der Waals surface area contributed by atoms with Gasteiger partial charge in [0, 0.05) is 12.1 Å². The first-order chi connectivity index (χ1) is 12.1. The Morgan fingerprint density at radius 2 is 1.92 bits per heavy atom. The van der Waals surface area contributed by atoms with Crippen LogP contribution < -0.4 is 10.1 Å². The molecule has 0 saturated carbocycles. The number of carbonyl (C=O) groups excluding carboxylic acids is 1. The summed E-state index contributed by atoms with van der Waals surface area (Å²) in [7, 11) is 0. The van der Waals surface area contributed by atoms with Gasteiger partial charge in [-0.25, -0.2) is 0 Å². The minimum atomic E-state index is -4.56. The molecule has 1 N–H and O–H groups in total. The van der Waals surface area contributed by atoms with Crippen LogP contribution in [0.25, 0.3) is 0 Å². The zero-order valence-corrected chi connectivity index (χ0v) is 14.2. The molecule has 0 radical (unpaired) electrons. The third kappa shape index (κ3) is 4.77. The van der Waals surface area contributed by atoms with E-state index in [2.05, 4.69) is 5.32 Å². The zero-order valence-electron chi connectivity index (χ0n) is 12.6. The molecule has 138 valence electrons. The van der Waals surface area contributed by atoms with Crippen LogP contribution in [0.1, 0.15) is 5.56 Å². The maximum Gasteiger partial charge on any atom is 0.416 e. The first kappa shape index (κ1) is 19.8. The third-order valence-electron chi connectivity index (χ3n) is 3.05. The van der Waals surface area contributed by atoms with E-state index in [0.29, 0.717) is 6.07 Å². The summed E-state index contributed by atoms with van der Waals surface area (Å²) in [5, 5.41) is 12.9. The molecular formula is C15H9Cl2F3N2O4. The molecule has 0 heterocycles. The largest absolute Gasteiger partial charge is 0.456 e. The van der Waals surface area contributed by atoms with Gasteiger partial charge in [0.1, 0.15) is 23.1 Å². The van der Waals surface area contributed by atoms with E-state index in [-0.39, 0.29) is 22.2 Å². The van der Waals surface area contributed by atoms with E-state index in [0.717, 1.165) is 24.3 Å². The Hall–Kier alpha value is -2.52. The smallest absolute Gasteiger partial charge is 0.416 e. The maximum absolute atomic E-state index is 12.6. The predicted octanol–water partition coefficient (Wildman–Crippen LogP) is 5.24. The van der Waals surface area contributed by atoms with Crippen LogP contribution >= 0.6 is 23.2 Å². The molecule has 0 atom stereocenters. The molecule has 0 aliphatic heterocycles. The highest BCUT2D eigenvalue weighted by Gasteiger charge is 2.31. The number of carbonyl (C=O) groups is 1. The van der Waals surface area contributed by atoms with Gasteiger partial charge in [0.25, 0.3) is 5.69 Å². The fraction of sp³-hybridized carbons (Fsp3) is 0.133. The van der Waals surface area contributed by atoms with Crippen LogP contribution in [-0.2, 0) is 11.0 Å². The highest BCUT2D eigenvalue weighted by Crippen LogP contribution is 2.37. The van der Waals surface area contributed by atoms with Crippen molar-refractivity contribution in [2.75, 3.05) is 11.2 Å². The summed E-state index contributed by atoms with van der Waals surface area (Å²) in [6, 6.07) is 5.90. The molecule has 26 heavy (non-hydrogen) atoms. The molecule has 1 amide bonds. The van der Waals surface area contributed by atoms with Gasteiger partial charge >= 0.3 is 6.18 Å². The van der Waals surface area contributed by atoms with Crippen LogP contribution in [0.5, 0.6) is 11.5 Å². The number of ether oxygens (including phenoxy) is 1. The van der Waals surface area contributed by atoms with Crippen molar-refractivity contribution >= 4 is 40.5 Å². The van der Waals surface area contributed by atoms with Gasteiger partial charge < -0.3 is 10.1 Å². The van der Waals surface area contributed by atoms with Gasteiger partial charge in [-0.3, -0.25) is 14.9 Å². The summed E-state index contributed by atoms with van der Waals surface area (Å²) in [6.45, 7) is 0. The van der Waals surface area contributed by atoms with Gasteiger partial charge in [-0.1, -0.05) is 11.6 Å². The van der Waals surface area contributed by atoms with Crippen LogP contribution in [-0.4, -0.2) is 16.7 Å². The number of hydrogen-bond acceptors (Lipinski definition) is 4. The molecule has 0 spiro atoms. The summed E-state index contributed by atoms with van der Waals surface area (Å²) in [5.41, 5.74) is -1.54. The lowest BCUT2D eigenvalue weighted by Gasteiger charge is -2.12. The summed E-state index contributed by atoms with van der Waals surface area (Å²) in [6.07, 6.45) is -4.56. The Morgan fingerprint density at radius 3 is 2.46 bits per heavy atom. The Kier molecular flexibility index (Phi) is 5.94. The van der Waals surface area contributed by atoms with E-state index >= 15 is 0 Å². The molecule has 2 rings (SSSR count). The fourth-order valence-corrected chi connectivity index (χ4v) is 2.19. The Bertz CT molecular complexity index is 859. The van der Waals surface area contributed by atoms with Crippen molar-refractivity contribution < 1.29 is 27.6 Å². The molecule has 0 aliphatic carbocycles. The maximum atomic E-state index is 12.6. The monoisotopic (exact) mass is 408 g/mol. The molecule has 0 saturated heterocycles. The fourth-order valence-electron chi connectivity index (χ4n) is 1.91. The lowest BCUT2D eigenvalue weighted by Crippen LogP contribution is -2.13. The minimum absolute atomic E-state index is 0.0159. The lowest BCUT2D eigenvalue weighted by atomic mass is 10.2. The first-order valence-corrected chi connectivity index (χ1v) is 7.72. The van der Waals surface area contributed by atoms with Crippen LogP contribution in [0, 0.1) is 10.1 Å². The van der Waals surface area contributed by atoms with Crippen molar-refractivity contribution in [3.05, 3.63) is 57.1 Å². The van der Waals surface area contributed by atoms with Crippen molar-refractivity contribution in [3.8, 4) is 11.5 Å². The molecule has 11 heteroatoms. The van der Waals surface area contributed by atoms with Crippen molar-refractivity contribution in [2.24, 2.45) is 0 Å².